The van der Waals surface area contributed by atoms with Gasteiger partial charge in [0, 0.05) is 10.8 Å². The van der Waals surface area contributed by atoms with Gasteiger partial charge in [-0.1, -0.05) is 13.2 Å². The fraction of sp³-hybridized carbons (Fsp3) is 0.0370. The number of methoxy groups -OCH3 is 1. The van der Waals surface area contributed by atoms with Crippen LogP contribution in [0.2, 0.25) is 0 Å². The number of nitrogens with zero attached hydrogens (tertiary/aromatic N) is 4. The molecule has 0 aliphatic carbocycles. The van der Waals surface area contributed by atoms with E-state index in [4.69, 9.17) is 10.5 Å². The van der Waals surface area contributed by atoms with E-state index in [1.165, 1.54) is 13.2 Å². The number of anilines is 1. The largest absolute Gasteiger partial charge is 0.505 e. The molecule has 0 radical (unpaired) electrons. The van der Waals surface area contributed by atoms with Crippen LogP contribution in [-0.2, 0) is 50.0 Å². The topological polar surface area (TPSA) is 336 Å². The molecule has 0 atom stereocenters. The van der Waals surface area contributed by atoms with Gasteiger partial charge in [0.15, 0.2) is 25.4 Å². The minimum absolute atomic E-state index is 0.0974. The van der Waals surface area contributed by atoms with Crippen LogP contribution in [0.25, 0.3) is 10.8 Å². The third-order valence-corrected chi connectivity index (χ3v) is 12.2. The Kier molecular flexibility index (Phi) is 10.5. The van der Waals surface area contributed by atoms with Crippen LogP contribution in [-0.4, -0.2) is 68.0 Å². The molecule has 276 valence electrons. The molecule has 0 amide bonds. The molecule has 0 aliphatic rings. The first kappa shape index (κ1) is 39.6. The van der Waals surface area contributed by atoms with Crippen LogP contribution in [0.15, 0.2) is 117 Å². The second-order valence-electron chi connectivity index (χ2n) is 10.0. The average molecular weight is 818 g/mol. The number of nitrogens with two attached hydrogens (primary N) is 1. The van der Waals surface area contributed by atoms with Crippen molar-refractivity contribution in [3.8, 4) is 11.5 Å². The van der Waals surface area contributed by atoms with Crippen LogP contribution in [0.3, 0.4) is 0 Å². The number of sulfone groups is 2. The molecule has 20 nitrogen and oxygen atoms in total. The lowest BCUT2D eigenvalue weighted by molar-refractivity contribution is 0.415. The minimum Gasteiger partial charge on any atom is -0.505 e. The van der Waals surface area contributed by atoms with E-state index in [2.05, 4.69) is 33.6 Å². The number of benzene rings is 4. The van der Waals surface area contributed by atoms with Crippen molar-refractivity contribution in [3.63, 3.8) is 0 Å². The fourth-order valence-electron chi connectivity index (χ4n) is 4.39. The summed E-state index contributed by atoms with van der Waals surface area (Å²) in [6.07, 6.45) is 0. The van der Waals surface area contributed by atoms with Crippen molar-refractivity contribution in [1.29, 1.82) is 0 Å². The summed E-state index contributed by atoms with van der Waals surface area (Å²) >= 11 is 0. The molecule has 52 heavy (non-hydrogen) atoms. The first-order chi connectivity index (χ1) is 23.9. The Labute approximate surface area is 295 Å². The van der Waals surface area contributed by atoms with Gasteiger partial charge >= 0.3 is 0 Å². The first-order valence-corrected chi connectivity index (χ1v) is 20.7. The molecule has 0 fully saturated rings. The molecule has 0 bridgehead atoms. The number of nitrogen functional groups attached to an aromatic ring is 1. The summed E-state index contributed by atoms with van der Waals surface area (Å²) in [5.74, 6) is -1.30. The van der Waals surface area contributed by atoms with Gasteiger partial charge < -0.3 is 15.6 Å². The van der Waals surface area contributed by atoms with E-state index in [9.17, 15) is 60.9 Å². The Morgan fingerprint density at radius 2 is 1.10 bits per heavy atom. The molecule has 4 aromatic carbocycles. The second-order valence-corrected chi connectivity index (χ2v) is 18.0. The van der Waals surface area contributed by atoms with Crippen molar-refractivity contribution in [3.05, 3.63) is 72.5 Å². The standard InChI is InChI=1S/C27H23N5O15S5/c1-4-48(34,35)15-7-9-19(47-3)18(12-15)30-32-26-22(52(44,45)46)11-14-10-21(51(41,42)43)25(24(28)23(14)27(26)33)31-29-17-8-6-16(49(36,37)5-2)13-20(17)50(38,39)40/h4-13,33H,1-2,28H2,3H3,(H,38,39,40)(H,41,42,43)(H,44,45,46)/b31-29+,32-30+. The van der Waals surface area contributed by atoms with Crippen molar-refractivity contribution in [2.24, 2.45) is 20.5 Å². The van der Waals surface area contributed by atoms with E-state index < -0.39 is 109 Å². The van der Waals surface area contributed by atoms with Crippen LogP contribution in [0.4, 0.5) is 28.4 Å². The summed E-state index contributed by atoms with van der Waals surface area (Å²) in [5.41, 5.74) is 2.12. The summed E-state index contributed by atoms with van der Waals surface area (Å²) in [6.45, 7) is 6.31. The Hall–Kier alpha value is -5.15. The molecule has 0 heterocycles. The third-order valence-electron chi connectivity index (χ3n) is 6.84. The van der Waals surface area contributed by atoms with Crippen LogP contribution in [0, 0.1) is 0 Å². The maximum absolute atomic E-state index is 12.4. The summed E-state index contributed by atoms with van der Waals surface area (Å²) in [6, 6.07) is 6.46. The van der Waals surface area contributed by atoms with Crippen LogP contribution in [0.1, 0.15) is 0 Å². The van der Waals surface area contributed by atoms with Crippen molar-refractivity contribution >= 4 is 89.2 Å². The Morgan fingerprint density at radius 3 is 1.60 bits per heavy atom. The predicted molar refractivity (Wildman–Crippen MR) is 182 cm³/mol. The van der Waals surface area contributed by atoms with Gasteiger partial charge in [0.25, 0.3) is 30.4 Å². The van der Waals surface area contributed by atoms with Gasteiger partial charge in [0.05, 0.1) is 28.0 Å². The Morgan fingerprint density at radius 1 is 0.635 bits per heavy atom. The lowest BCUT2D eigenvalue weighted by atomic mass is 10.1. The third kappa shape index (κ3) is 7.84. The summed E-state index contributed by atoms with van der Waals surface area (Å²) in [7, 11) is -23.0. The van der Waals surface area contributed by atoms with E-state index >= 15 is 0 Å². The van der Waals surface area contributed by atoms with Gasteiger partial charge in [-0.25, -0.2) is 16.8 Å². The quantitative estimate of drug-likeness (QED) is 0.0744. The van der Waals surface area contributed by atoms with Crippen molar-refractivity contribution in [1.82, 2.24) is 0 Å². The van der Waals surface area contributed by atoms with Crippen LogP contribution < -0.4 is 10.5 Å². The maximum atomic E-state index is 12.4. The number of phenols is 1. The molecule has 0 saturated carbocycles. The lowest BCUT2D eigenvalue weighted by Gasteiger charge is -2.14. The zero-order chi connectivity index (χ0) is 39.2. The van der Waals surface area contributed by atoms with Crippen molar-refractivity contribution < 1.29 is 65.6 Å². The average Bonchev–Trinajstić information content (AvgIpc) is 3.05. The number of hydrogen-bond donors (Lipinski definition) is 5. The molecule has 0 spiro atoms. The number of hydrogen-bond acceptors (Lipinski definition) is 17. The van der Waals surface area contributed by atoms with Gasteiger partial charge in [-0.05, 0) is 53.9 Å². The molecule has 0 saturated heterocycles. The molecule has 25 heteroatoms. The number of rotatable bonds is 12. The van der Waals surface area contributed by atoms with Gasteiger partial charge in [0.2, 0.25) is 0 Å². The SMILES string of the molecule is C=CS(=O)(=O)c1ccc(OC)c(/N=N/c2c(S(=O)(=O)O)cc3cc(S(=O)(=O)O)c(/N=N/c4ccc(S(=O)(=O)C=C)cc4S(=O)(=O)O)c(N)c3c2O)c1. The highest BCUT2D eigenvalue weighted by Crippen LogP contribution is 2.49. The van der Waals surface area contributed by atoms with Crippen molar-refractivity contribution in [2.75, 3.05) is 12.8 Å². The summed E-state index contributed by atoms with van der Waals surface area (Å²) in [5, 5.41) is 25.7. The highest BCUT2D eigenvalue weighted by Gasteiger charge is 2.29. The fourth-order valence-corrected chi connectivity index (χ4v) is 7.90. The minimum atomic E-state index is -5.36. The lowest BCUT2D eigenvalue weighted by Crippen LogP contribution is -2.04. The van der Waals surface area contributed by atoms with Gasteiger partial charge in [0.1, 0.15) is 43.2 Å². The highest BCUT2D eigenvalue weighted by atomic mass is 32.2. The van der Waals surface area contributed by atoms with E-state index in [0.717, 1.165) is 24.3 Å². The monoisotopic (exact) mass is 817 g/mol. The molecule has 6 N–H and O–H groups in total. The van der Waals surface area contributed by atoms with Gasteiger partial charge in [-0.3, -0.25) is 13.7 Å². The van der Waals surface area contributed by atoms with Gasteiger partial charge in [-0.15, -0.1) is 20.5 Å². The molecular formula is C27H23N5O15S5. The summed E-state index contributed by atoms with van der Waals surface area (Å²) in [4.78, 5) is -4.50. The molecule has 0 aliphatic heterocycles. The van der Waals surface area contributed by atoms with Gasteiger partial charge in [-0.2, -0.15) is 25.3 Å². The molecule has 0 aromatic heterocycles. The molecule has 4 rings (SSSR count). The normalized spacial score (nSPS) is 13.2. The highest BCUT2D eigenvalue weighted by molar-refractivity contribution is 7.94. The van der Waals surface area contributed by atoms with Crippen LogP contribution in [0.5, 0.6) is 11.5 Å². The maximum Gasteiger partial charge on any atom is 0.296 e. The number of fused-ring (bicyclic) bond motifs is 1. The van der Waals surface area contributed by atoms with E-state index in [-0.39, 0.29) is 16.3 Å². The number of aromatic hydroxyl groups is 1. The number of phenolic OH excluding ortho intramolecular Hbond substituents is 1. The van der Waals surface area contributed by atoms with E-state index in [1.807, 2.05) is 0 Å². The van der Waals surface area contributed by atoms with Crippen molar-refractivity contribution in [2.45, 2.75) is 24.5 Å². The molecule has 0 unspecified atom stereocenters. The zero-order valence-electron chi connectivity index (χ0n) is 25.9. The molecular weight excluding hydrogens is 795 g/mol. The Balaban J connectivity index is 2.07. The predicted octanol–water partition coefficient (Wildman–Crippen LogP) is 4.54. The van der Waals surface area contributed by atoms with E-state index in [1.54, 1.807) is 0 Å². The first-order valence-electron chi connectivity index (χ1n) is 13.3. The summed E-state index contributed by atoms with van der Waals surface area (Å²) < 4.78 is 158. The zero-order valence-corrected chi connectivity index (χ0v) is 30.0. The number of ether oxygens (including phenoxy) is 1. The van der Waals surface area contributed by atoms with E-state index in [0.29, 0.717) is 29.0 Å². The Bertz CT molecular complexity index is 2840. The second kappa shape index (κ2) is 13.8. The molecule has 4 aromatic rings. The number of azo groups is 2. The smallest absolute Gasteiger partial charge is 0.296 e. The van der Waals surface area contributed by atoms with Crippen LogP contribution >= 0.6 is 0 Å².